The first kappa shape index (κ1) is 18.4. The van der Waals surface area contributed by atoms with Crippen molar-refractivity contribution in [3.63, 3.8) is 0 Å². The maximum atomic E-state index is 13.0. The van der Waals surface area contributed by atoms with Crippen LogP contribution >= 0.6 is 22.6 Å². The highest BCUT2D eigenvalue weighted by Gasteiger charge is 2.30. The number of nitrogens with zero attached hydrogens (tertiary/aromatic N) is 3. The summed E-state index contributed by atoms with van der Waals surface area (Å²) < 4.78 is 17.7. The van der Waals surface area contributed by atoms with Gasteiger partial charge < -0.3 is 18.8 Å². The van der Waals surface area contributed by atoms with Crippen molar-refractivity contribution < 1.29 is 18.7 Å². The number of fused-ring (bicyclic) bond motifs is 1. The molecule has 8 heteroatoms. The number of benzene rings is 2. The number of amides is 1. The Labute approximate surface area is 181 Å². The van der Waals surface area contributed by atoms with Gasteiger partial charge in [-0.2, -0.15) is 0 Å². The monoisotopic (exact) mass is 503 g/mol. The minimum absolute atomic E-state index is 0.0318. The predicted molar refractivity (Wildman–Crippen MR) is 113 cm³/mol. The first-order chi connectivity index (χ1) is 14.2. The van der Waals surface area contributed by atoms with Crippen LogP contribution < -0.4 is 9.47 Å². The van der Waals surface area contributed by atoms with E-state index in [1.807, 2.05) is 47.4 Å². The van der Waals surface area contributed by atoms with Crippen LogP contribution in [0.3, 0.4) is 0 Å². The first-order valence-corrected chi connectivity index (χ1v) is 10.5. The van der Waals surface area contributed by atoms with Crippen LogP contribution in [0.4, 0.5) is 0 Å². The zero-order chi connectivity index (χ0) is 19.8. The molecule has 0 N–H and O–H groups in total. The van der Waals surface area contributed by atoms with Gasteiger partial charge in [0.15, 0.2) is 11.5 Å². The quantitative estimate of drug-likeness (QED) is 0.502. The van der Waals surface area contributed by atoms with E-state index in [4.69, 9.17) is 13.9 Å². The van der Waals surface area contributed by atoms with Gasteiger partial charge in [-0.15, -0.1) is 10.2 Å². The fourth-order valence-corrected chi connectivity index (χ4v) is 4.33. The van der Waals surface area contributed by atoms with Gasteiger partial charge in [-0.1, -0.05) is 12.1 Å². The van der Waals surface area contributed by atoms with Crippen molar-refractivity contribution in [1.82, 2.24) is 15.1 Å². The third-order valence-corrected chi connectivity index (χ3v) is 6.16. The molecule has 1 unspecified atom stereocenters. The second-order valence-corrected chi connectivity index (χ2v) is 8.25. The van der Waals surface area contributed by atoms with Crippen molar-refractivity contribution >= 4 is 28.5 Å². The molecule has 3 aromatic rings. The molecule has 1 aromatic heterocycles. The molecule has 148 valence electrons. The Morgan fingerprint density at radius 3 is 2.86 bits per heavy atom. The average Bonchev–Trinajstić information content (AvgIpc) is 3.43. The Hall–Kier alpha value is -2.62. The molecule has 2 aliphatic heterocycles. The molecular weight excluding hydrogens is 485 g/mol. The number of ether oxygens (including phenoxy) is 2. The zero-order valence-corrected chi connectivity index (χ0v) is 17.7. The van der Waals surface area contributed by atoms with Crippen LogP contribution in [0.1, 0.15) is 35.0 Å². The van der Waals surface area contributed by atoms with Gasteiger partial charge in [0.05, 0.1) is 11.5 Å². The molecule has 29 heavy (non-hydrogen) atoms. The van der Waals surface area contributed by atoms with Gasteiger partial charge in [0, 0.05) is 22.2 Å². The molecule has 0 spiro atoms. The predicted octanol–water partition coefficient (Wildman–Crippen LogP) is 4.09. The van der Waals surface area contributed by atoms with Crippen molar-refractivity contribution in [3.05, 3.63) is 57.5 Å². The highest BCUT2D eigenvalue weighted by Crippen LogP contribution is 2.36. The van der Waals surface area contributed by atoms with Gasteiger partial charge in [-0.25, -0.2) is 0 Å². The molecule has 0 aliphatic carbocycles. The summed E-state index contributed by atoms with van der Waals surface area (Å²) >= 11 is 2.20. The molecule has 1 saturated heterocycles. The molecule has 2 aromatic carbocycles. The van der Waals surface area contributed by atoms with Crippen molar-refractivity contribution in [2.75, 3.05) is 19.9 Å². The fraction of sp³-hybridized carbons (Fsp3) is 0.286. The maximum absolute atomic E-state index is 13.0. The number of piperidine rings is 1. The van der Waals surface area contributed by atoms with E-state index in [1.165, 1.54) is 0 Å². The summed E-state index contributed by atoms with van der Waals surface area (Å²) in [6.45, 7) is 1.54. The summed E-state index contributed by atoms with van der Waals surface area (Å²) in [6, 6.07) is 13.2. The summed E-state index contributed by atoms with van der Waals surface area (Å²) in [5, 5.41) is 8.48. The van der Waals surface area contributed by atoms with E-state index in [0.717, 1.165) is 34.1 Å². The van der Waals surface area contributed by atoms with Crippen molar-refractivity contribution in [3.8, 4) is 23.0 Å². The largest absolute Gasteiger partial charge is 0.454 e. The average molecular weight is 503 g/mol. The number of hydrogen-bond donors (Lipinski definition) is 0. The van der Waals surface area contributed by atoms with Gasteiger partial charge >= 0.3 is 0 Å². The third-order valence-electron chi connectivity index (χ3n) is 5.22. The lowest BCUT2D eigenvalue weighted by Crippen LogP contribution is -2.39. The van der Waals surface area contributed by atoms with Crippen molar-refractivity contribution in [2.45, 2.75) is 18.8 Å². The van der Waals surface area contributed by atoms with Gasteiger partial charge in [0.25, 0.3) is 5.91 Å². The molecule has 1 amide bonds. The zero-order valence-electron chi connectivity index (χ0n) is 15.5. The van der Waals surface area contributed by atoms with Crippen LogP contribution in [-0.4, -0.2) is 40.9 Å². The smallest absolute Gasteiger partial charge is 0.254 e. The molecule has 0 radical (unpaired) electrons. The Bertz CT molecular complexity index is 1070. The van der Waals surface area contributed by atoms with E-state index >= 15 is 0 Å². The molecule has 1 atom stereocenters. The van der Waals surface area contributed by atoms with E-state index in [-0.39, 0.29) is 18.6 Å². The number of aromatic nitrogens is 2. The summed E-state index contributed by atoms with van der Waals surface area (Å²) in [7, 11) is 0. The molecule has 1 fully saturated rings. The van der Waals surface area contributed by atoms with E-state index in [9.17, 15) is 4.79 Å². The van der Waals surface area contributed by atoms with Gasteiger partial charge in [-0.3, -0.25) is 4.79 Å². The van der Waals surface area contributed by atoms with Crippen LogP contribution in [0.5, 0.6) is 11.5 Å². The molecular formula is C21H18IN3O4. The fourth-order valence-electron chi connectivity index (χ4n) is 3.71. The lowest BCUT2D eigenvalue weighted by atomic mass is 9.97. The third kappa shape index (κ3) is 3.57. The molecule has 2 aliphatic rings. The summed E-state index contributed by atoms with van der Waals surface area (Å²) in [5.74, 6) is 2.48. The maximum Gasteiger partial charge on any atom is 0.254 e. The second-order valence-electron chi connectivity index (χ2n) is 7.08. The molecule has 0 bridgehead atoms. The molecule has 5 rings (SSSR count). The van der Waals surface area contributed by atoms with Gasteiger partial charge in [-0.05, 0) is 65.8 Å². The highest BCUT2D eigenvalue weighted by atomic mass is 127. The Kier molecular flexibility index (Phi) is 4.86. The summed E-state index contributed by atoms with van der Waals surface area (Å²) in [5.41, 5.74) is 1.52. The standard InChI is InChI=1S/C21H18IN3O4/c22-16-6-2-1-5-15(16)21(26)25-9-3-4-14(11-25)20-24-23-19(29-20)13-7-8-17-18(10-13)28-12-27-17/h1-2,5-8,10,14H,3-4,9,11-12H2. The summed E-state index contributed by atoms with van der Waals surface area (Å²) in [6.07, 6.45) is 1.82. The van der Waals surface area contributed by atoms with Crippen LogP contribution in [0.15, 0.2) is 46.9 Å². The number of carbonyl (C=O) groups is 1. The SMILES string of the molecule is O=C(c1ccccc1I)N1CCCC(c2nnc(-c3ccc4c(c3)OCO4)o2)C1. The molecule has 7 nitrogen and oxygen atoms in total. The van der Waals surface area contributed by atoms with E-state index in [0.29, 0.717) is 29.8 Å². The first-order valence-electron chi connectivity index (χ1n) is 9.46. The molecule has 0 saturated carbocycles. The van der Waals surface area contributed by atoms with Crippen LogP contribution in [-0.2, 0) is 0 Å². The Morgan fingerprint density at radius 1 is 1.10 bits per heavy atom. The van der Waals surface area contributed by atoms with Crippen LogP contribution in [0.2, 0.25) is 0 Å². The Morgan fingerprint density at radius 2 is 1.97 bits per heavy atom. The summed E-state index contributed by atoms with van der Waals surface area (Å²) in [4.78, 5) is 14.8. The topological polar surface area (TPSA) is 77.7 Å². The number of likely N-dealkylation sites (tertiary alicyclic amines) is 1. The minimum Gasteiger partial charge on any atom is -0.454 e. The van der Waals surface area contributed by atoms with Crippen LogP contribution in [0.25, 0.3) is 11.5 Å². The van der Waals surface area contributed by atoms with E-state index in [1.54, 1.807) is 0 Å². The number of halogens is 1. The number of rotatable bonds is 3. The highest BCUT2D eigenvalue weighted by molar-refractivity contribution is 14.1. The molecule has 3 heterocycles. The Balaban J connectivity index is 1.34. The normalized spacial score (nSPS) is 18.1. The van der Waals surface area contributed by atoms with Gasteiger partial charge in [0.2, 0.25) is 18.6 Å². The minimum atomic E-state index is 0.0318. The number of carbonyl (C=O) groups excluding carboxylic acids is 1. The van der Waals surface area contributed by atoms with Crippen molar-refractivity contribution in [2.24, 2.45) is 0 Å². The lowest BCUT2D eigenvalue weighted by Gasteiger charge is -2.31. The van der Waals surface area contributed by atoms with E-state index in [2.05, 4.69) is 32.8 Å². The second kappa shape index (κ2) is 7.66. The lowest BCUT2D eigenvalue weighted by molar-refractivity contribution is 0.0697. The van der Waals surface area contributed by atoms with Crippen LogP contribution in [0, 0.1) is 3.57 Å². The van der Waals surface area contributed by atoms with Gasteiger partial charge in [0.1, 0.15) is 0 Å². The number of hydrogen-bond acceptors (Lipinski definition) is 6. The van der Waals surface area contributed by atoms with E-state index < -0.39 is 0 Å². The van der Waals surface area contributed by atoms with Crippen molar-refractivity contribution in [1.29, 1.82) is 0 Å².